The van der Waals surface area contributed by atoms with Gasteiger partial charge in [0, 0.05) is 57.4 Å². The van der Waals surface area contributed by atoms with E-state index in [2.05, 4.69) is 21.2 Å². The standard InChI is InChI=1S/C28H37N5O4S2/c1-3-22-7-4-5-15-33(22)39(35,36)23-12-10-21(11-13-23)27(34)29-14-16-31-17-19-32(20-18-31)28-30-26-24(37-2)8-6-9-25(26)38-28/h6,8-13,22H,3-5,7,14-20H2,1-2H3,(H,29,34). The highest BCUT2D eigenvalue weighted by Crippen LogP contribution is 2.34. The summed E-state index contributed by atoms with van der Waals surface area (Å²) in [7, 11) is -1.88. The molecule has 1 unspecified atom stereocenters. The lowest BCUT2D eigenvalue weighted by Crippen LogP contribution is -2.48. The van der Waals surface area contributed by atoms with Crippen LogP contribution in [0.3, 0.4) is 0 Å². The molecule has 2 aromatic carbocycles. The van der Waals surface area contributed by atoms with Gasteiger partial charge < -0.3 is 15.0 Å². The second-order valence-corrected chi connectivity index (χ2v) is 13.0. The molecule has 11 heteroatoms. The lowest BCUT2D eigenvalue weighted by molar-refractivity contribution is 0.0947. The molecule has 3 heterocycles. The van der Waals surface area contributed by atoms with E-state index in [-0.39, 0.29) is 16.8 Å². The van der Waals surface area contributed by atoms with Crippen molar-refractivity contribution >= 4 is 42.6 Å². The van der Waals surface area contributed by atoms with E-state index in [9.17, 15) is 13.2 Å². The SMILES string of the molecule is CCC1CCCCN1S(=O)(=O)c1ccc(C(=O)NCCN2CCN(c3nc4c(OC)cccc4s3)CC2)cc1. The van der Waals surface area contributed by atoms with Gasteiger partial charge in [-0.05, 0) is 55.7 Å². The van der Waals surface area contributed by atoms with Gasteiger partial charge in [0.15, 0.2) is 5.13 Å². The molecule has 2 aliphatic rings. The predicted molar refractivity (Wildman–Crippen MR) is 155 cm³/mol. The van der Waals surface area contributed by atoms with E-state index in [1.807, 2.05) is 19.1 Å². The fourth-order valence-electron chi connectivity index (χ4n) is 5.42. The van der Waals surface area contributed by atoms with Gasteiger partial charge in [-0.3, -0.25) is 9.69 Å². The zero-order valence-corrected chi connectivity index (χ0v) is 24.3. The van der Waals surface area contributed by atoms with Crippen LogP contribution in [0.4, 0.5) is 5.13 Å². The van der Waals surface area contributed by atoms with Crippen molar-refractivity contribution in [2.24, 2.45) is 0 Å². The number of thiazole rings is 1. The number of sulfonamides is 1. The van der Waals surface area contributed by atoms with Crippen LogP contribution >= 0.6 is 11.3 Å². The highest BCUT2D eigenvalue weighted by atomic mass is 32.2. The summed E-state index contributed by atoms with van der Waals surface area (Å²) in [6.45, 7) is 7.42. The molecule has 2 saturated heterocycles. The Morgan fingerprint density at radius 1 is 1.08 bits per heavy atom. The first kappa shape index (κ1) is 27.8. The Labute approximate surface area is 234 Å². The predicted octanol–water partition coefficient (Wildman–Crippen LogP) is 3.81. The highest BCUT2D eigenvalue weighted by Gasteiger charge is 2.32. The van der Waals surface area contributed by atoms with E-state index in [1.165, 1.54) is 0 Å². The zero-order chi connectivity index (χ0) is 27.4. The van der Waals surface area contributed by atoms with E-state index in [1.54, 1.807) is 47.0 Å². The third-order valence-corrected chi connectivity index (χ3v) is 10.8. The van der Waals surface area contributed by atoms with Crippen LogP contribution in [-0.4, -0.2) is 87.5 Å². The van der Waals surface area contributed by atoms with E-state index in [0.717, 1.165) is 79.5 Å². The second kappa shape index (κ2) is 12.2. The maximum absolute atomic E-state index is 13.2. The summed E-state index contributed by atoms with van der Waals surface area (Å²) >= 11 is 1.68. The molecule has 0 spiro atoms. The van der Waals surface area contributed by atoms with Crippen LogP contribution in [0.1, 0.15) is 43.0 Å². The van der Waals surface area contributed by atoms with Crippen molar-refractivity contribution < 1.29 is 17.9 Å². The molecule has 2 fully saturated rings. The Morgan fingerprint density at radius 3 is 2.56 bits per heavy atom. The number of carbonyl (C=O) groups is 1. The maximum Gasteiger partial charge on any atom is 0.251 e. The Bertz CT molecular complexity index is 1380. The number of para-hydroxylation sites is 1. The van der Waals surface area contributed by atoms with Crippen molar-refractivity contribution in [1.82, 2.24) is 19.5 Å². The molecule has 0 radical (unpaired) electrons. The van der Waals surface area contributed by atoms with Crippen LogP contribution in [0.15, 0.2) is 47.4 Å². The molecule has 1 aromatic heterocycles. The number of ether oxygens (including phenoxy) is 1. The first-order chi connectivity index (χ1) is 18.9. The molecule has 1 N–H and O–H groups in total. The lowest BCUT2D eigenvalue weighted by Gasteiger charge is -2.34. The van der Waals surface area contributed by atoms with Gasteiger partial charge in [-0.25, -0.2) is 13.4 Å². The topological polar surface area (TPSA) is 95.1 Å². The Morgan fingerprint density at radius 2 is 1.85 bits per heavy atom. The van der Waals surface area contributed by atoms with E-state index < -0.39 is 10.0 Å². The molecule has 3 aromatic rings. The Kier molecular flexibility index (Phi) is 8.70. The van der Waals surface area contributed by atoms with Gasteiger partial charge in [0.1, 0.15) is 11.3 Å². The largest absolute Gasteiger partial charge is 0.494 e. The second-order valence-electron chi connectivity index (χ2n) is 10.1. The number of amides is 1. The number of rotatable bonds is 9. The molecular weight excluding hydrogens is 534 g/mol. The number of fused-ring (bicyclic) bond motifs is 1. The monoisotopic (exact) mass is 571 g/mol. The summed E-state index contributed by atoms with van der Waals surface area (Å²) in [5.41, 5.74) is 1.38. The summed E-state index contributed by atoms with van der Waals surface area (Å²) in [6.07, 6.45) is 3.68. The first-order valence-electron chi connectivity index (χ1n) is 13.7. The van der Waals surface area contributed by atoms with Gasteiger partial charge in [0.25, 0.3) is 5.91 Å². The maximum atomic E-state index is 13.2. The number of aromatic nitrogens is 1. The minimum Gasteiger partial charge on any atom is -0.494 e. The summed E-state index contributed by atoms with van der Waals surface area (Å²) in [6, 6.07) is 12.4. The number of piperazine rings is 1. The number of benzene rings is 2. The molecule has 2 aliphatic heterocycles. The zero-order valence-electron chi connectivity index (χ0n) is 22.6. The summed E-state index contributed by atoms with van der Waals surface area (Å²) in [4.78, 5) is 22.4. The number of nitrogens with zero attached hydrogens (tertiary/aromatic N) is 4. The fraction of sp³-hybridized carbons (Fsp3) is 0.500. The van der Waals surface area contributed by atoms with Crippen LogP contribution in [0, 0.1) is 0 Å². The number of carbonyl (C=O) groups excluding carboxylic acids is 1. The smallest absolute Gasteiger partial charge is 0.251 e. The van der Waals surface area contributed by atoms with Gasteiger partial charge in [0.05, 0.1) is 16.7 Å². The molecular formula is C28H37N5O4S2. The summed E-state index contributed by atoms with van der Waals surface area (Å²) in [5, 5.41) is 3.99. The fourth-order valence-corrected chi connectivity index (χ4v) is 8.22. The normalized spacial score (nSPS) is 19.3. The van der Waals surface area contributed by atoms with E-state index in [4.69, 9.17) is 9.72 Å². The van der Waals surface area contributed by atoms with Crippen LogP contribution < -0.4 is 15.0 Å². The van der Waals surface area contributed by atoms with Gasteiger partial charge in [-0.2, -0.15) is 4.31 Å². The third kappa shape index (κ3) is 6.06. The molecule has 5 rings (SSSR count). The molecule has 0 bridgehead atoms. The van der Waals surface area contributed by atoms with Gasteiger partial charge in [-0.15, -0.1) is 0 Å². The highest BCUT2D eigenvalue weighted by molar-refractivity contribution is 7.89. The van der Waals surface area contributed by atoms with Crippen LogP contribution in [0.5, 0.6) is 5.75 Å². The van der Waals surface area contributed by atoms with Crippen molar-refractivity contribution in [3.8, 4) is 5.75 Å². The molecule has 0 saturated carbocycles. The van der Waals surface area contributed by atoms with Crippen LogP contribution in [0.25, 0.3) is 10.2 Å². The Hall–Kier alpha value is -2.73. The molecule has 0 aliphatic carbocycles. The minimum atomic E-state index is -3.55. The number of hydrogen-bond acceptors (Lipinski definition) is 8. The van der Waals surface area contributed by atoms with Gasteiger partial charge in [0.2, 0.25) is 10.0 Å². The summed E-state index contributed by atoms with van der Waals surface area (Å²) < 4.78 is 34.6. The van der Waals surface area contributed by atoms with Crippen molar-refractivity contribution in [3.05, 3.63) is 48.0 Å². The molecule has 1 amide bonds. The number of nitrogens with one attached hydrogen (secondary N) is 1. The lowest BCUT2D eigenvalue weighted by atomic mass is 10.0. The molecule has 39 heavy (non-hydrogen) atoms. The first-order valence-corrected chi connectivity index (χ1v) is 16.0. The summed E-state index contributed by atoms with van der Waals surface area (Å²) in [5.74, 6) is 0.609. The van der Waals surface area contributed by atoms with Gasteiger partial charge in [-0.1, -0.05) is 30.7 Å². The third-order valence-electron chi connectivity index (χ3n) is 7.71. The van der Waals surface area contributed by atoms with Crippen LogP contribution in [-0.2, 0) is 10.0 Å². The number of anilines is 1. The number of methoxy groups -OCH3 is 1. The van der Waals surface area contributed by atoms with Crippen molar-refractivity contribution in [2.75, 3.05) is 57.8 Å². The number of piperidine rings is 1. The van der Waals surface area contributed by atoms with Crippen LogP contribution in [0.2, 0.25) is 0 Å². The average Bonchev–Trinajstić information content (AvgIpc) is 3.42. The van der Waals surface area contributed by atoms with E-state index in [0.29, 0.717) is 18.7 Å². The quantitative estimate of drug-likeness (QED) is 0.417. The number of hydrogen-bond donors (Lipinski definition) is 1. The van der Waals surface area contributed by atoms with Crippen molar-refractivity contribution in [3.63, 3.8) is 0 Å². The molecule has 9 nitrogen and oxygen atoms in total. The van der Waals surface area contributed by atoms with Gasteiger partial charge >= 0.3 is 0 Å². The Balaban J connectivity index is 1.09. The van der Waals surface area contributed by atoms with E-state index >= 15 is 0 Å². The molecule has 210 valence electrons. The van der Waals surface area contributed by atoms with Crippen molar-refractivity contribution in [1.29, 1.82) is 0 Å². The van der Waals surface area contributed by atoms with Crippen molar-refractivity contribution in [2.45, 2.75) is 43.5 Å². The molecule has 1 atom stereocenters. The minimum absolute atomic E-state index is 0.0540. The average molecular weight is 572 g/mol.